The molecule has 2 N–H and O–H groups in total. The number of anilines is 2. The first-order valence-corrected chi connectivity index (χ1v) is 10.1. The van der Waals surface area contributed by atoms with Crippen molar-refractivity contribution in [1.29, 1.82) is 0 Å². The summed E-state index contributed by atoms with van der Waals surface area (Å²) in [6.45, 7) is 2.48. The lowest BCUT2D eigenvalue weighted by Gasteiger charge is -2.26. The molecule has 0 radical (unpaired) electrons. The Bertz CT molecular complexity index is 1130. The van der Waals surface area contributed by atoms with Gasteiger partial charge in [0.15, 0.2) is 5.65 Å². The summed E-state index contributed by atoms with van der Waals surface area (Å²) >= 11 is 0. The molecule has 0 bridgehead atoms. The van der Waals surface area contributed by atoms with Gasteiger partial charge in [0.1, 0.15) is 5.75 Å². The minimum Gasteiger partial charge on any atom is -0.495 e. The van der Waals surface area contributed by atoms with E-state index in [1.807, 2.05) is 0 Å². The van der Waals surface area contributed by atoms with Crippen molar-refractivity contribution < 1.29 is 14.6 Å². The number of nitrogens with one attached hydrogen (secondary N) is 1. The Morgan fingerprint density at radius 3 is 2.97 bits per heavy atom. The van der Waals surface area contributed by atoms with E-state index in [1.54, 1.807) is 24.2 Å². The van der Waals surface area contributed by atoms with Gasteiger partial charge < -0.3 is 20.1 Å². The highest BCUT2D eigenvalue weighted by molar-refractivity contribution is 5.76. The third-order valence-corrected chi connectivity index (χ3v) is 6.00. The zero-order chi connectivity index (χ0) is 20.8. The van der Waals surface area contributed by atoms with Crippen LogP contribution >= 0.6 is 0 Å². The molecule has 2 aromatic heterocycles. The van der Waals surface area contributed by atoms with Crippen LogP contribution in [0.3, 0.4) is 0 Å². The van der Waals surface area contributed by atoms with Gasteiger partial charge in [0.25, 0.3) is 0 Å². The zero-order valence-electron chi connectivity index (χ0n) is 17.0. The summed E-state index contributed by atoms with van der Waals surface area (Å²) in [4.78, 5) is 22.5. The summed E-state index contributed by atoms with van der Waals surface area (Å²) in [7, 11) is 3.78. The number of carbonyl (C=O) groups is 1. The van der Waals surface area contributed by atoms with Crippen molar-refractivity contribution in [3.8, 4) is 5.75 Å². The maximum absolute atomic E-state index is 11.1. The number of rotatable bonds is 6. The Labute approximate surface area is 173 Å². The van der Waals surface area contributed by atoms with Gasteiger partial charge >= 0.3 is 5.97 Å². The number of ether oxygens (including phenoxy) is 1. The van der Waals surface area contributed by atoms with Crippen molar-refractivity contribution in [1.82, 2.24) is 24.6 Å². The molecule has 9 heteroatoms. The Morgan fingerprint density at radius 2 is 2.20 bits per heavy atom. The van der Waals surface area contributed by atoms with Gasteiger partial charge in [0.2, 0.25) is 5.95 Å². The molecule has 3 aromatic rings. The third kappa shape index (κ3) is 3.45. The van der Waals surface area contributed by atoms with Crippen molar-refractivity contribution in [3.05, 3.63) is 35.7 Å². The normalized spacial score (nSPS) is 20.7. The summed E-state index contributed by atoms with van der Waals surface area (Å²) in [5.74, 6) is 0.310. The molecule has 2 aliphatic rings. The van der Waals surface area contributed by atoms with Crippen molar-refractivity contribution in [2.75, 3.05) is 26.0 Å². The molecular formula is C21H24N6O3. The van der Waals surface area contributed by atoms with Gasteiger partial charge in [-0.25, -0.2) is 9.67 Å². The first-order chi connectivity index (χ1) is 14.5. The lowest BCUT2D eigenvalue weighted by Crippen LogP contribution is -2.26. The Kier molecular flexibility index (Phi) is 4.54. The number of fused-ring (bicyclic) bond motifs is 2. The Balaban J connectivity index is 1.42. The second-order valence-electron chi connectivity index (χ2n) is 8.17. The summed E-state index contributed by atoms with van der Waals surface area (Å²) in [6, 6.07) is 4.20. The number of nitrogens with zero attached hydrogens (tertiary/aromatic N) is 5. The molecular weight excluding hydrogens is 384 g/mol. The minimum atomic E-state index is -0.737. The Morgan fingerprint density at radius 1 is 1.33 bits per heavy atom. The maximum Gasteiger partial charge on any atom is 0.306 e. The molecule has 0 amide bonds. The third-order valence-electron chi connectivity index (χ3n) is 6.00. The summed E-state index contributed by atoms with van der Waals surface area (Å²) < 4.78 is 7.37. The number of hydrogen-bond acceptors (Lipinski definition) is 7. The molecule has 1 fully saturated rings. The number of carboxylic acid groups (broad SMARTS) is 1. The fraction of sp³-hybridized carbons (Fsp3) is 0.429. The molecule has 3 heterocycles. The van der Waals surface area contributed by atoms with Gasteiger partial charge in [-0.1, -0.05) is 0 Å². The van der Waals surface area contributed by atoms with Crippen LogP contribution in [0.4, 0.5) is 11.6 Å². The molecule has 1 aliphatic heterocycles. The van der Waals surface area contributed by atoms with Gasteiger partial charge in [-0.2, -0.15) is 10.1 Å². The van der Waals surface area contributed by atoms with E-state index >= 15 is 0 Å². The lowest BCUT2D eigenvalue weighted by molar-refractivity contribution is -0.138. The number of carboxylic acids is 1. The second kappa shape index (κ2) is 7.24. The zero-order valence-corrected chi connectivity index (χ0v) is 17.0. The van der Waals surface area contributed by atoms with E-state index in [1.165, 1.54) is 11.1 Å². The molecule has 2 atom stereocenters. The highest BCUT2D eigenvalue weighted by Crippen LogP contribution is 2.40. The number of aliphatic carboxylic acids is 1. The quantitative estimate of drug-likeness (QED) is 0.640. The van der Waals surface area contributed by atoms with E-state index in [0.717, 1.165) is 36.3 Å². The van der Waals surface area contributed by atoms with Crippen LogP contribution in [0, 0.1) is 11.8 Å². The van der Waals surface area contributed by atoms with Crippen molar-refractivity contribution >= 4 is 28.6 Å². The average Bonchev–Trinajstić information content (AvgIpc) is 3.40. The minimum absolute atomic E-state index is 0.106. The second-order valence-corrected chi connectivity index (χ2v) is 8.17. The van der Waals surface area contributed by atoms with Crippen LogP contribution in [-0.4, -0.2) is 56.4 Å². The molecule has 30 heavy (non-hydrogen) atoms. The number of aromatic nitrogens is 4. The van der Waals surface area contributed by atoms with E-state index in [2.05, 4.69) is 44.5 Å². The van der Waals surface area contributed by atoms with Crippen LogP contribution in [0.15, 0.2) is 24.5 Å². The molecule has 1 aliphatic carbocycles. The number of methoxy groups -OCH3 is 1. The van der Waals surface area contributed by atoms with E-state index < -0.39 is 5.97 Å². The monoisotopic (exact) mass is 408 g/mol. The topological polar surface area (TPSA) is 105 Å². The number of hydrogen-bond donors (Lipinski definition) is 2. The number of benzene rings is 1. The molecule has 0 saturated heterocycles. The average molecular weight is 408 g/mol. The highest BCUT2D eigenvalue weighted by Gasteiger charge is 2.43. The standard InChI is InChI=1S/C21H24N6O3/c1-26-4-3-12-7-18(30-2)17(6-13(12)10-26)24-21-22-8-15-9-23-27(19(15)25-21)11-14-5-16(14)20(28)29/h6-9,14,16H,3-5,10-11H2,1-2H3,(H,28,29)(H,22,24,25)/t14-,16-/m0/s1. The lowest BCUT2D eigenvalue weighted by atomic mass is 9.99. The van der Waals surface area contributed by atoms with Gasteiger partial charge in [0, 0.05) is 25.8 Å². The number of likely N-dealkylation sites (N-methyl/N-ethyl adjacent to an activating group) is 1. The van der Waals surface area contributed by atoms with E-state index in [4.69, 9.17) is 9.84 Å². The largest absolute Gasteiger partial charge is 0.495 e. The van der Waals surface area contributed by atoms with Gasteiger partial charge in [-0.3, -0.25) is 4.79 Å². The summed E-state index contributed by atoms with van der Waals surface area (Å²) in [5.41, 5.74) is 4.10. The van der Waals surface area contributed by atoms with E-state index in [0.29, 0.717) is 24.6 Å². The van der Waals surface area contributed by atoms with Crippen molar-refractivity contribution in [2.24, 2.45) is 11.8 Å². The van der Waals surface area contributed by atoms with Gasteiger partial charge in [-0.15, -0.1) is 0 Å². The van der Waals surface area contributed by atoms with Crippen LogP contribution in [0.5, 0.6) is 5.75 Å². The molecule has 0 spiro atoms. The summed E-state index contributed by atoms with van der Waals surface area (Å²) in [5, 5.41) is 17.6. The molecule has 1 aromatic carbocycles. The predicted molar refractivity (Wildman–Crippen MR) is 111 cm³/mol. The molecule has 9 nitrogen and oxygen atoms in total. The molecule has 5 rings (SSSR count). The fourth-order valence-corrected chi connectivity index (χ4v) is 4.15. The van der Waals surface area contributed by atoms with Crippen LogP contribution in [0.25, 0.3) is 11.0 Å². The highest BCUT2D eigenvalue weighted by atomic mass is 16.5. The Hall–Kier alpha value is -3.20. The molecule has 0 unspecified atom stereocenters. The first kappa shape index (κ1) is 18.8. The smallest absolute Gasteiger partial charge is 0.306 e. The van der Waals surface area contributed by atoms with Crippen molar-refractivity contribution in [2.45, 2.75) is 25.9 Å². The predicted octanol–water partition coefficient (Wildman–Crippen LogP) is 2.29. The summed E-state index contributed by atoms with van der Waals surface area (Å²) in [6.07, 6.45) is 5.14. The van der Waals surface area contributed by atoms with Crippen LogP contribution in [0.2, 0.25) is 0 Å². The van der Waals surface area contributed by atoms with Gasteiger partial charge in [0.05, 0.1) is 30.3 Å². The van der Waals surface area contributed by atoms with Crippen LogP contribution < -0.4 is 10.1 Å². The molecule has 1 saturated carbocycles. The molecule has 156 valence electrons. The van der Waals surface area contributed by atoms with Crippen molar-refractivity contribution in [3.63, 3.8) is 0 Å². The van der Waals surface area contributed by atoms with Crippen LogP contribution in [0.1, 0.15) is 17.5 Å². The van der Waals surface area contributed by atoms with E-state index in [9.17, 15) is 4.79 Å². The van der Waals surface area contributed by atoms with Crippen LogP contribution in [-0.2, 0) is 24.3 Å². The first-order valence-electron chi connectivity index (χ1n) is 10.1. The maximum atomic E-state index is 11.1. The van der Waals surface area contributed by atoms with E-state index in [-0.39, 0.29) is 11.8 Å². The SMILES string of the molecule is COc1cc2c(cc1Nc1ncc3cnn(C[C@@H]4C[C@@H]4C(=O)O)c3n1)CN(C)CC2. The van der Waals surface area contributed by atoms with Gasteiger partial charge in [-0.05, 0) is 49.1 Å². The fourth-order valence-electron chi connectivity index (χ4n) is 4.15.